The number of nitrogens with zero attached hydrogens (tertiary/aromatic N) is 6. The molecule has 8 nitrogen and oxygen atoms in total. The maximum Gasteiger partial charge on any atom is 0.143 e. The topological polar surface area (TPSA) is 81.0 Å². The zero-order valence-corrected chi connectivity index (χ0v) is 15.8. The summed E-state index contributed by atoms with van der Waals surface area (Å²) < 4.78 is 7.59. The van der Waals surface area contributed by atoms with Gasteiger partial charge in [-0.15, -0.1) is 0 Å². The van der Waals surface area contributed by atoms with E-state index in [2.05, 4.69) is 30.2 Å². The lowest BCUT2D eigenvalue weighted by molar-refractivity contribution is 0.260. The second-order valence-corrected chi connectivity index (χ2v) is 6.52. The van der Waals surface area contributed by atoms with Crippen molar-refractivity contribution in [3.05, 3.63) is 61.3 Å². The van der Waals surface area contributed by atoms with Crippen molar-refractivity contribution in [3.8, 4) is 11.6 Å². The Morgan fingerprint density at radius 2 is 1.89 bits per heavy atom. The molecule has 0 amide bonds. The number of fused-ring (bicyclic) bond motifs is 1. The van der Waals surface area contributed by atoms with Crippen LogP contribution in [-0.2, 0) is 0 Å². The molecule has 0 saturated heterocycles. The molecule has 4 aromatic rings. The molecule has 0 aliphatic rings. The molecule has 1 aromatic carbocycles. The van der Waals surface area contributed by atoms with Gasteiger partial charge >= 0.3 is 0 Å². The molecular formula is C20H21N7O. The van der Waals surface area contributed by atoms with Crippen LogP contribution in [0.5, 0.6) is 5.75 Å². The van der Waals surface area contributed by atoms with E-state index in [0.717, 1.165) is 29.1 Å². The Hall–Kier alpha value is -3.52. The second kappa shape index (κ2) is 8.01. The van der Waals surface area contributed by atoms with Gasteiger partial charge in [-0.25, -0.2) is 19.9 Å². The van der Waals surface area contributed by atoms with Gasteiger partial charge < -0.3 is 15.0 Å². The van der Waals surface area contributed by atoms with Crippen LogP contribution >= 0.6 is 0 Å². The number of benzene rings is 1. The smallest absolute Gasteiger partial charge is 0.143 e. The molecule has 0 aliphatic carbocycles. The van der Waals surface area contributed by atoms with E-state index in [0.29, 0.717) is 18.2 Å². The summed E-state index contributed by atoms with van der Waals surface area (Å²) in [5.41, 5.74) is 1.91. The molecule has 0 fully saturated rings. The van der Waals surface area contributed by atoms with Crippen LogP contribution in [0.15, 0.2) is 61.3 Å². The molecule has 0 unspecified atom stereocenters. The van der Waals surface area contributed by atoms with Crippen molar-refractivity contribution in [2.45, 2.75) is 0 Å². The normalized spacial score (nSPS) is 11.1. The van der Waals surface area contributed by atoms with Gasteiger partial charge in [-0.3, -0.25) is 4.57 Å². The maximum atomic E-state index is 5.66. The average Bonchev–Trinajstić information content (AvgIpc) is 3.13. The standard InChI is InChI=1S/C20H21N7O/c1-26(2)9-10-28-15-7-8-18(21-12-15)25-19-11-20(23-13-22-19)27-14-24-16-5-3-4-6-17(16)27/h3-8,11-14H,9-10H2,1-2H3,(H,21,22,23,25). The summed E-state index contributed by atoms with van der Waals surface area (Å²) in [6.07, 6.45) is 4.98. The lowest BCUT2D eigenvalue weighted by Crippen LogP contribution is -2.19. The highest BCUT2D eigenvalue weighted by Gasteiger charge is 2.07. The first-order chi connectivity index (χ1) is 13.7. The summed E-state index contributed by atoms with van der Waals surface area (Å²) in [4.78, 5) is 19.5. The third-order valence-electron chi connectivity index (χ3n) is 4.15. The number of hydrogen-bond donors (Lipinski definition) is 1. The van der Waals surface area contributed by atoms with Crippen LogP contribution in [0.25, 0.3) is 16.9 Å². The Bertz CT molecular complexity index is 1060. The molecule has 4 rings (SSSR count). The quantitative estimate of drug-likeness (QED) is 0.532. The largest absolute Gasteiger partial charge is 0.491 e. The van der Waals surface area contributed by atoms with Gasteiger partial charge in [-0.05, 0) is 38.4 Å². The fourth-order valence-corrected chi connectivity index (χ4v) is 2.71. The molecule has 1 N–H and O–H groups in total. The second-order valence-electron chi connectivity index (χ2n) is 6.52. The predicted octanol–water partition coefficient (Wildman–Crippen LogP) is 2.89. The first-order valence-corrected chi connectivity index (χ1v) is 8.94. The van der Waals surface area contributed by atoms with Gasteiger partial charge in [0.1, 0.15) is 42.5 Å². The van der Waals surface area contributed by atoms with Crippen molar-refractivity contribution in [1.29, 1.82) is 0 Å². The molecule has 8 heteroatoms. The third-order valence-corrected chi connectivity index (χ3v) is 4.15. The van der Waals surface area contributed by atoms with Crippen LogP contribution in [0.1, 0.15) is 0 Å². The van der Waals surface area contributed by atoms with Gasteiger partial charge in [0.2, 0.25) is 0 Å². The number of ether oxygens (including phenoxy) is 1. The number of anilines is 2. The van der Waals surface area contributed by atoms with E-state index in [4.69, 9.17) is 4.74 Å². The van der Waals surface area contributed by atoms with Gasteiger partial charge in [0, 0.05) is 12.6 Å². The average molecular weight is 375 g/mol. The number of imidazole rings is 1. The Kier molecular flexibility index (Phi) is 5.11. The van der Waals surface area contributed by atoms with Crippen LogP contribution in [-0.4, -0.2) is 56.6 Å². The highest BCUT2D eigenvalue weighted by atomic mass is 16.5. The molecule has 142 valence electrons. The summed E-state index contributed by atoms with van der Waals surface area (Å²) >= 11 is 0. The minimum Gasteiger partial charge on any atom is -0.491 e. The highest BCUT2D eigenvalue weighted by Crippen LogP contribution is 2.20. The lowest BCUT2D eigenvalue weighted by Gasteiger charge is -2.11. The Balaban J connectivity index is 1.48. The predicted molar refractivity (Wildman–Crippen MR) is 108 cm³/mol. The minimum absolute atomic E-state index is 0.621. The van der Waals surface area contributed by atoms with Gasteiger partial charge in [0.05, 0.1) is 17.2 Å². The molecular weight excluding hydrogens is 354 g/mol. The summed E-state index contributed by atoms with van der Waals surface area (Å²) in [6, 6.07) is 13.5. The van der Waals surface area contributed by atoms with E-state index in [1.165, 1.54) is 6.33 Å². The van der Waals surface area contributed by atoms with Crippen LogP contribution in [0.2, 0.25) is 0 Å². The summed E-state index contributed by atoms with van der Waals surface area (Å²) in [5, 5.41) is 3.20. The molecule has 0 radical (unpaired) electrons. The van der Waals surface area contributed by atoms with Crippen molar-refractivity contribution in [2.24, 2.45) is 0 Å². The first-order valence-electron chi connectivity index (χ1n) is 8.94. The minimum atomic E-state index is 0.621. The van der Waals surface area contributed by atoms with Crippen molar-refractivity contribution >= 4 is 22.7 Å². The van der Waals surface area contributed by atoms with Crippen molar-refractivity contribution in [1.82, 2.24) is 29.4 Å². The summed E-state index contributed by atoms with van der Waals surface area (Å²) in [5.74, 6) is 2.80. The van der Waals surface area contributed by atoms with Crippen LogP contribution in [0, 0.1) is 0 Å². The van der Waals surface area contributed by atoms with Gasteiger partial charge in [0.15, 0.2) is 0 Å². The van der Waals surface area contributed by atoms with Gasteiger partial charge in [-0.2, -0.15) is 0 Å². The Labute approximate surface area is 162 Å². The number of aromatic nitrogens is 5. The van der Waals surface area contributed by atoms with Crippen molar-refractivity contribution < 1.29 is 4.74 Å². The van der Waals surface area contributed by atoms with E-state index >= 15 is 0 Å². The summed E-state index contributed by atoms with van der Waals surface area (Å²) in [7, 11) is 4.02. The van der Waals surface area contributed by atoms with Crippen molar-refractivity contribution in [3.63, 3.8) is 0 Å². The van der Waals surface area contributed by atoms with E-state index < -0.39 is 0 Å². The molecule has 3 aromatic heterocycles. The van der Waals surface area contributed by atoms with Crippen LogP contribution < -0.4 is 10.1 Å². The van der Waals surface area contributed by atoms with Crippen molar-refractivity contribution in [2.75, 3.05) is 32.6 Å². The fraction of sp³-hybridized carbons (Fsp3) is 0.200. The molecule has 3 heterocycles. The maximum absolute atomic E-state index is 5.66. The molecule has 28 heavy (non-hydrogen) atoms. The number of para-hydroxylation sites is 2. The zero-order valence-electron chi connectivity index (χ0n) is 15.8. The van der Waals surface area contributed by atoms with Gasteiger partial charge in [-0.1, -0.05) is 12.1 Å². The first kappa shape index (κ1) is 17.9. The van der Waals surface area contributed by atoms with E-state index in [1.54, 1.807) is 12.5 Å². The number of likely N-dealkylation sites (N-methyl/N-ethyl adjacent to an activating group) is 1. The SMILES string of the molecule is CN(C)CCOc1ccc(Nc2cc(-n3cnc4ccccc43)ncn2)nc1. The lowest BCUT2D eigenvalue weighted by atomic mass is 10.3. The monoisotopic (exact) mass is 375 g/mol. The highest BCUT2D eigenvalue weighted by molar-refractivity contribution is 5.77. The molecule has 0 aliphatic heterocycles. The number of pyridine rings is 1. The Morgan fingerprint density at radius 3 is 2.71 bits per heavy atom. The molecule has 0 atom stereocenters. The zero-order chi connectivity index (χ0) is 19.3. The van der Waals surface area contributed by atoms with Crippen LogP contribution in [0.3, 0.4) is 0 Å². The van der Waals surface area contributed by atoms with E-state index in [9.17, 15) is 0 Å². The number of nitrogens with one attached hydrogen (secondary N) is 1. The van der Waals surface area contributed by atoms with E-state index in [-0.39, 0.29) is 0 Å². The molecule has 0 bridgehead atoms. The molecule has 0 saturated carbocycles. The third kappa shape index (κ3) is 4.07. The Morgan fingerprint density at radius 1 is 1.00 bits per heavy atom. The number of rotatable bonds is 7. The fourth-order valence-electron chi connectivity index (χ4n) is 2.71. The number of hydrogen-bond acceptors (Lipinski definition) is 7. The summed E-state index contributed by atoms with van der Waals surface area (Å²) in [6.45, 7) is 1.47. The van der Waals surface area contributed by atoms with Crippen LogP contribution in [0.4, 0.5) is 11.6 Å². The molecule has 0 spiro atoms. The van der Waals surface area contributed by atoms with Gasteiger partial charge in [0.25, 0.3) is 0 Å². The van der Waals surface area contributed by atoms with E-state index in [1.807, 2.05) is 61.1 Å².